The normalized spacial score (nSPS) is 18.5. The number of Topliss-reactive ketones (excluding diaryl/α,β-unsaturated/α-hetero) is 1. The van der Waals surface area contributed by atoms with Crippen LogP contribution >= 0.6 is 0 Å². The number of rotatable bonds is 8. The number of ketones is 1. The number of amides is 1. The first-order chi connectivity index (χ1) is 14.9. The number of hydrogen-bond donors (Lipinski definition) is 1. The molecule has 166 valence electrons. The third-order valence-corrected chi connectivity index (χ3v) is 5.98. The Balaban J connectivity index is 1.72. The SMILES string of the molecule is COc1ccc([C@H]2CCCC[C@H]2NC(=O)c2ccc(C(=O)CC(C)C)cc2)cc1OC. The third-order valence-electron chi connectivity index (χ3n) is 5.98. The highest BCUT2D eigenvalue weighted by atomic mass is 16.5. The van der Waals surface area contributed by atoms with Crippen molar-refractivity contribution in [1.82, 2.24) is 5.32 Å². The average Bonchev–Trinajstić information content (AvgIpc) is 2.78. The Labute approximate surface area is 185 Å². The molecule has 0 aliphatic heterocycles. The second kappa shape index (κ2) is 10.5. The van der Waals surface area contributed by atoms with E-state index in [1.165, 1.54) is 0 Å². The Morgan fingerprint density at radius 2 is 1.58 bits per heavy atom. The van der Waals surface area contributed by atoms with Gasteiger partial charge in [0.1, 0.15) is 0 Å². The van der Waals surface area contributed by atoms with E-state index in [1.807, 2.05) is 26.0 Å². The van der Waals surface area contributed by atoms with Crippen LogP contribution in [0.2, 0.25) is 0 Å². The zero-order valence-corrected chi connectivity index (χ0v) is 18.9. The Morgan fingerprint density at radius 3 is 2.23 bits per heavy atom. The van der Waals surface area contributed by atoms with Crippen LogP contribution in [0.25, 0.3) is 0 Å². The topological polar surface area (TPSA) is 64.6 Å². The summed E-state index contributed by atoms with van der Waals surface area (Å²) in [4.78, 5) is 25.2. The van der Waals surface area contributed by atoms with Crippen molar-refractivity contribution in [3.8, 4) is 11.5 Å². The van der Waals surface area contributed by atoms with Gasteiger partial charge >= 0.3 is 0 Å². The standard InChI is InChI=1S/C26H33NO4/c1-17(2)15-23(28)18-9-11-19(12-10-18)26(29)27-22-8-6-5-7-21(22)20-13-14-24(30-3)25(16-20)31-4/h9-14,16-17,21-22H,5-8,15H2,1-4H3,(H,27,29)/t21-,22-/m1/s1. The summed E-state index contributed by atoms with van der Waals surface area (Å²) in [5.74, 6) is 1.97. The van der Waals surface area contributed by atoms with Gasteiger partial charge in [0.2, 0.25) is 0 Å². The number of hydrogen-bond acceptors (Lipinski definition) is 4. The molecule has 2 atom stereocenters. The van der Waals surface area contributed by atoms with E-state index in [4.69, 9.17) is 9.47 Å². The van der Waals surface area contributed by atoms with Gasteiger partial charge in [-0.15, -0.1) is 0 Å². The summed E-state index contributed by atoms with van der Waals surface area (Å²) in [5.41, 5.74) is 2.39. The summed E-state index contributed by atoms with van der Waals surface area (Å²) < 4.78 is 10.8. The Hall–Kier alpha value is -2.82. The van der Waals surface area contributed by atoms with E-state index in [-0.39, 0.29) is 23.7 Å². The predicted octanol–water partition coefficient (Wildman–Crippen LogP) is 5.39. The van der Waals surface area contributed by atoms with Gasteiger partial charge in [-0.25, -0.2) is 0 Å². The lowest BCUT2D eigenvalue weighted by Gasteiger charge is -2.33. The molecule has 1 amide bonds. The molecule has 2 aromatic rings. The van der Waals surface area contributed by atoms with Crippen LogP contribution in [0.4, 0.5) is 0 Å². The van der Waals surface area contributed by atoms with E-state index in [0.717, 1.165) is 31.2 Å². The molecule has 0 saturated heterocycles. The maximum Gasteiger partial charge on any atom is 0.251 e. The Morgan fingerprint density at radius 1 is 0.935 bits per heavy atom. The lowest BCUT2D eigenvalue weighted by atomic mass is 9.79. The third kappa shape index (κ3) is 5.66. The fourth-order valence-electron chi connectivity index (χ4n) is 4.33. The minimum atomic E-state index is -0.0970. The van der Waals surface area contributed by atoms with E-state index >= 15 is 0 Å². The van der Waals surface area contributed by atoms with Crippen LogP contribution in [0.15, 0.2) is 42.5 Å². The molecule has 0 unspecified atom stereocenters. The molecule has 2 aromatic carbocycles. The van der Waals surface area contributed by atoms with Crippen molar-refractivity contribution in [2.45, 2.75) is 57.9 Å². The molecule has 1 N–H and O–H groups in total. The first-order valence-corrected chi connectivity index (χ1v) is 11.1. The van der Waals surface area contributed by atoms with Crippen LogP contribution in [0.5, 0.6) is 11.5 Å². The van der Waals surface area contributed by atoms with E-state index in [1.54, 1.807) is 38.5 Å². The molecule has 1 aliphatic carbocycles. The highest BCUT2D eigenvalue weighted by Gasteiger charge is 2.29. The van der Waals surface area contributed by atoms with Crippen molar-refractivity contribution in [2.24, 2.45) is 5.92 Å². The monoisotopic (exact) mass is 423 g/mol. The second-order valence-electron chi connectivity index (χ2n) is 8.68. The fraction of sp³-hybridized carbons (Fsp3) is 0.462. The summed E-state index contributed by atoms with van der Waals surface area (Å²) in [6.07, 6.45) is 4.70. The van der Waals surface area contributed by atoms with Crippen molar-refractivity contribution < 1.29 is 19.1 Å². The number of carbonyl (C=O) groups excluding carboxylic acids is 2. The van der Waals surface area contributed by atoms with Crippen LogP contribution in [0.3, 0.4) is 0 Å². The number of methoxy groups -OCH3 is 2. The van der Waals surface area contributed by atoms with E-state index in [9.17, 15) is 9.59 Å². The Bertz CT molecular complexity index is 904. The summed E-state index contributed by atoms with van der Waals surface area (Å²) >= 11 is 0. The first-order valence-electron chi connectivity index (χ1n) is 11.1. The zero-order chi connectivity index (χ0) is 22.4. The van der Waals surface area contributed by atoms with Crippen molar-refractivity contribution >= 4 is 11.7 Å². The molecule has 0 bridgehead atoms. The van der Waals surface area contributed by atoms with Gasteiger partial charge in [0.25, 0.3) is 5.91 Å². The molecule has 5 heteroatoms. The minimum Gasteiger partial charge on any atom is -0.493 e. The van der Waals surface area contributed by atoms with Gasteiger partial charge in [-0.2, -0.15) is 0 Å². The number of benzene rings is 2. The predicted molar refractivity (Wildman–Crippen MR) is 122 cm³/mol. The second-order valence-corrected chi connectivity index (χ2v) is 8.68. The molecule has 1 fully saturated rings. The molecule has 5 nitrogen and oxygen atoms in total. The summed E-state index contributed by atoms with van der Waals surface area (Å²) in [7, 11) is 3.26. The fourth-order valence-corrected chi connectivity index (χ4v) is 4.33. The molecule has 3 rings (SSSR count). The van der Waals surface area contributed by atoms with E-state index in [2.05, 4.69) is 11.4 Å². The van der Waals surface area contributed by atoms with Crippen LogP contribution in [-0.2, 0) is 0 Å². The molecule has 0 aromatic heterocycles. The van der Waals surface area contributed by atoms with E-state index < -0.39 is 0 Å². The van der Waals surface area contributed by atoms with Crippen molar-refractivity contribution in [3.05, 3.63) is 59.2 Å². The van der Waals surface area contributed by atoms with Crippen molar-refractivity contribution in [2.75, 3.05) is 14.2 Å². The lowest BCUT2D eigenvalue weighted by Crippen LogP contribution is -2.41. The lowest BCUT2D eigenvalue weighted by molar-refractivity contribution is 0.0918. The number of carbonyl (C=O) groups is 2. The zero-order valence-electron chi connectivity index (χ0n) is 18.9. The molecule has 0 radical (unpaired) electrons. The van der Waals surface area contributed by atoms with Gasteiger partial charge in [-0.3, -0.25) is 9.59 Å². The molecular formula is C26H33NO4. The van der Waals surface area contributed by atoms with Gasteiger partial charge in [0.05, 0.1) is 14.2 Å². The minimum absolute atomic E-state index is 0.0570. The van der Waals surface area contributed by atoms with Gasteiger partial charge in [0.15, 0.2) is 17.3 Å². The van der Waals surface area contributed by atoms with Gasteiger partial charge in [-0.1, -0.05) is 44.9 Å². The highest BCUT2D eigenvalue weighted by molar-refractivity contribution is 5.99. The highest BCUT2D eigenvalue weighted by Crippen LogP contribution is 2.37. The molecular weight excluding hydrogens is 390 g/mol. The first kappa shape index (κ1) is 22.9. The van der Waals surface area contributed by atoms with Gasteiger partial charge in [0, 0.05) is 29.5 Å². The summed E-state index contributed by atoms with van der Waals surface area (Å²) in [5, 5.41) is 3.23. The van der Waals surface area contributed by atoms with Crippen molar-refractivity contribution in [3.63, 3.8) is 0 Å². The largest absolute Gasteiger partial charge is 0.493 e. The van der Waals surface area contributed by atoms with Gasteiger partial charge < -0.3 is 14.8 Å². The maximum absolute atomic E-state index is 12.9. The number of nitrogens with one attached hydrogen (secondary N) is 1. The molecule has 1 aliphatic rings. The van der Waals surface area contributed by atoms with E-state index in [0.29, 0.717) is 35.0 Å². The van der Waals surface area contributed by atoms with Crippen LogP contribution < -0.4 is 14.8 Å². The quantitative estimate of drug-likeness (QED) is 0.578. The van der Waals surface area contributed by atoms with Crippen molar-refractivity contribution in [1.29, 1.82) is 0 Å². The van der Waals surface area contributed by atoms with Crippen LogP contribution in [-0.4, -0.2) is 32.0 Å². The molecule has 0 heterocycles. The molecule has 0 spiro atoms. The van der Waals surface area contributed by atoms with Crippen LogP contribution in [0, 0.1) is 5.92 Å². The Kier molecular flexibility index (Phi) is 7.72. The summed E-state index contributed by atoms with van der Waals surface area (Å²) in [6.45, 7) is 4.05. The smallest absolute Gasteiger partial charge is 0.251 e. The van der Waals surface area contributed by atoms with Crippen LogP contribution in [0.1, 0.15) is 78.1 Å². The molecule has 1 saturated carbocycles. The maximum atomic E-state index is 12.9. The number of ether oxygens (including phenoxy) is 2. The summed E-state index contributed by atoms with van der Waals surface area (Å²) in [6, 6.07) is 13.1. The molecule has 31 heavy (non-hydrogen) atoms. The van der Waals surface area contributed by atoms with Gasteiger partial charge in [-0.05, 0) is 48.6 Å². The average molecular weight is 424 g/mol.